The maximum atomic E-state index is 6.11. The molecule has 0 saturated heterocycles. The summed E-state index contributed by atoms with van der Waals surface area (Å²) in [6.45, 7) is 4.19. The molecule has 0 amide bonds. The third-order valence-corrected chi connectivity index (χ3v) is 3.30. The van der Waals surface area contributed by atoms with Crippen molar-refractivity contribution in [2.45, 2.75) is 71.3 Å². The number of unbranched alkanes of at least 4 members (excludes halogenated alkanes) is 6. The first-order valence-corrected chi connectivity index (χ1v) is 7.28. The van der Waals surface area contributed by atoms with E-state index in [4.69, 9.17) is 5.73 Å². The van der Waals surface area contributed by atoms with Gasteiger partial charge in [0.1, 0.15) is 0 Å². The van der Waals surface area contributed by atoms with Crippen molar-refractivity contribution in [1.82, 2.24) is 9.97 Å². The van der Waals surface area contributed by atoms with Gasteiger partial charge in [-0.1, -0.05) is 51.9 Å². The molecule has 1 aromatic heterocycles. The minimum Gasteiger partial charge on any atom is -0.323 e. The van der Waals surface area contributed by atoms with Crippen LogP contribution in [0.1, 0.15) is 75.7 Å². The van der Waals surface area contributed by atoms with Crippen LogP contribution in [0.25, 0.3) is 0 Å². The number of rotatable bonds is 9. The van der Waals surface area contributed by atoms with Gasteiger partial charge < -0.3 is 5.73 Å². The van der Waals surface area contributed by atoms with E-state index in [-0.39, 0.29) is 6.04 Å². The first kappa shape index (κ1) is 15.1. The van der Waals surface area contributed by atoms with Crippen LogP contribution in [-0.2, 0) is 0 Å². The summed E-state index contributed by atoms with van der Waals surface area (Å²) in [7, 11) is 0. The second-order valence-corrected chi connectivity index (χ2v) is 5.10. The van der Waals surface area contributed by atoms with E-state index >= 15 is 0 Å². The normalized spacial score (nSPS) is 12.6. The third-order valence-electron chi connectivity index (χ3n) is 3.30. The molecule has 0 aliphatic carbocycles. The van der Waals surface area contributed by atoms with Gasteiger partial charge >= 0.3 is 0 Å². The second kappa shape index (κ2) is 9.03. The third kappa shape index (κ3) is 6.10. The highest BCUT2D eigenvalue weighted by Gasteiger charge is 2.07. The lowest BCUT2D eigenvalue weighted by atomic mass is 10.0. The van der Waals surface area contributed by atoms with E-state index in [2.05, 4.69) is 16.9 Å². The Balaban J connectivity index is 2.10. The molecule has 0 aliphatic rings. The molecule has 3 nitrogen and oxygen atoms in total. The molecule has 0 aromatic carbocycles. The van der Waals surface area contributed by atoms with Crippen molar-refractivity contribution in [1.29, 1.82) is 0 Å². The number of aryl methyl sites for hydroxylation is 1. The fraction of sp³-hybridized carbons (Fsp3) is 0.733. The van der Waals surface area contributed by atoms with Gasteiger partial charge in [-0.2, -0.15) is 0 Å². The zero-order valence-electron chi connectivity index (χ0n) is 11.9. The highest BCUT2D eigenvalue weighted by molar-refractivity contribution is 5.04. The molecule has 0 radical (unpaired) electrons. The summed E-state index contributed by atoms with van der Waals surface area (Å²) in [5, 5.41) is 0. The largest absolute Gasteiger partial charge is 0.323 e. The molecule has 1 unspecified atom stereocenters. The summed E-state index contributed by atoms with van der Waals surface area (Å²) >= 11 is 0. The molecule has 1 rings (SSSR count). The predicted molar refractivity (Wildman–Crippen MR) is 76.3 cm³/mol. The Kier molecular flexibility index (Phi) is 7.58. The zero-order chi connectivity index (χ0) is 13.2. The lowest BCUT2D eigenvalue weighted by Crippen LogP contribution is -2.12. The van der Waals surface area contributed by atoms with Crippen LogP contribution in [0.2, 0.25) is 0 Å². The van der Waals surface area contributed by atoms with E-state index in [1.807, 2.05) is 6.92 Å². The number of nitrogens with two attached hydrogens (primary N) is 1. The summed E-state index contributed by atoms with van der Waals surface area (Å²) in [5.41, 5.74) is 7.97. The molecule has 18 heavy (non-hydrogen) atoms. The van der Waals surface area contributed by atoms with Crippen LogP contribution in [0.3, 0.4) is 0 Å². The molecular formula is C15H27N3. The van der Waals surface area contributed by atoms with Crippen LogP contribution in [-0.4, -0.2) is 9.97 Å². The summed E-state index contributed by atoms with van der Waals surface area (Å²) in [5.74, 6) is 0. The second-order valence-electron chi connectivity index (χ2n) is 5.10. The SMILES string of the molecule is CCCCCCCCCC(N)c1cnc(C)cn1. The first-order valence-electron chi connectivity index (χ1n) is 7.28. The Morgan fingerprint density at radius 3 is 2.28 bits per heavy atom. The minimum absolute atomic E-state index is 0.0498. The van der Waals surface area contributed by atoms with Crippen LogP contribution in [0, 0.1) is 6.92 Å². The van der Waals surface area contributed by atoms with Crippen LogP contribution < -0.4 is 5.73 Å². The summed E-state index contributed by atoms with van der Waals surface area (Å²) < 4.78 is 0. The van der Waals surface area contributed by atoms with E-state index < -0.39 is 0 Å². The van der Waals surface area contributed by atoms with Crippen molar-refractivity contribution in [3.8, 4) is 0 Å². The van der Waals surface area contributed by atoms with Crippen molar-refractivity contribution in [2.75, 3.05) is 0 Å². The standard InChI is InChI=1S/C15H27N3/c1-3-4-5-6-7-8-9-10-14(16)15-12-17-13(2)11-18-15/h11-12,14H,3-10,16H2,1-2H3. The highest BCUT2D eigenvalue weighted by atomic mass is 14.8. The average Bonchev–Trinajstić information content (AvgIpc) is 2.38. The van der Waals surface area contributed by atoms with Crippen LogP contribution in [0.15, 0.2) is 12.4 Å². The molecule has 0 bridgehead atoms. The Morgan fingerprint density at radius 2 is 1.67 bits per heavy atom. The van der Waals surface area contributed by atoms with Crippen LogP contribution in [0.4, 0.5) is 0 Å². The maximum Gasteiger partial charge on any atom is 0.0754 e. The van der Waals surface area contributed by atoms with E-state index in [0.29, 0.717) is 0 Å². The Bertz CT molecular complexity index is 308. The van der Waals surface area contributed by atoms with Crippen LogP contribution >= 0.6 is 0 Å². The van der Waals surface area contributed by atoms with Crippen molar-refractivity contribution < 1.29 is 0 Å². The molecule has 0 spiro atoms. The van der Waals surface area contributed by atoms with Gasteiger partial charge in [-0.3, -0.25) is 9.97 Å². The number of hydrogen-bond donors (Lipinski definition) is 1. The van der Waals surface area contributed by atoms with Crippen molar-refractivity contribution in [3.63, 3.8) is 0 Å². The number of aromatic nitrogens is 2. The summed E-state index contributed by atoms with van der Waals surface area (Å²) in [6, 6.07) is 0.0498. The van der Waals surface area contributed by atoms with Gasteiger partial charge in [0.25, 0.3) is 0 Å². The molecule has 1 atom stereocenters. The summed E-state index contributed by atoms with van der Waals surface area (Å²) in [4.78, 5) is 8.57. The van der Waals surface area contributed by atoms with Gasteiger partial charge in [0.15, 0.2) is 0 Å². The lowest BCUT2D eigenvalue weighted by Gasteiger charge is -2.10. The molecular weight excluding hydrogens is 222 g/mol. The topological polar surface area (TPSA) is 51.8 Å². The molecule has 102 valence electrons. The fourth-order valence-electron chi connectivity index (χ4n) is 2.06. The van der Waals surface area contributed by atoms with E-state index in [0.717, 1.165) is 17.8 Å². The minimum atomic E-state index is 0.0498. The van der Waals surface area contributed by atoms with Gasteiger partial charge in [-0.15, -0.1) is 0 Å². The molecule has 3 heteroatoms. The smallest absolute Gasteiger partial charge is 0.0754 e. The lowest BCUT2D eigenvalue weighted by molar-refractivity contribution is 0.534. The number of hydrogen-bond acceptors (Lipinski definition) is 3. The van der Waals surface area contributed by atoms with E-state index in [1.165, 1.54) is 44.9 Å². The average molecular weight is 249 g/mol. The molecule has 1 aromatic rings. The van der Waals surface area contributed by atoms with Gasteiger partial charge in [0.05, 0.1) is 17.6 Å². The highest BCUT2D eigenvalue weighted by Crippen LogP contribution is 2.16. The van der Waals surface area contributed by atoms with Crippen molar-refractivity contribution in [3.05, 3.63) is 23.8 Å². The maximum absolute atomic E-state index is 6.11. The van der Waals surface area contributed by atoms with Gasteiger partial charge in [0, 0.05) is 12.2 Å². The quantitative estimate of drug-likeness (QED) is 0.675. The van der Waals surface area contributed by atoms with Crippen molar-refractivity contribution >= 4 is 0 Å². The van der Waals surface area contributed by atoms with Gasteiger partial charge in [-0.05, 0) is 13.3 Å². The molecule has 2 N–H and O–H groups in total. The van der Waals surface area contributed by atoms with Crippen LogP contribution in [0.5, 0.6) is 0 Å². The first-order chi connectivity index (χ1) is 8.74. The summed E-state index contributed by atoms with van der Waals surface area (Å²) in [6.07, 6.45) is 13.9. The van der Waals surface area contributed by atoms with Gasteiger partial charge in [-0.25, -0.2) is 0 Å². The number of nitrogens with zero attached hydrogens (tertiary/aromatic N) is 2. The molecule has 0 aliphatic heterocycles. The van der Waals surface area contributed by atoms with Gasteiger partial charge in [0.2, 0.25) is 0 Å². The Morgan fingerprint density at radius 1 is 1.00 bits per heavy atom. The Labute approximate surface area is 111 Å². The molecule has 1 heterocycles. The van der Waals surface area contributed by atoms with E-state index in [9.17, 15) is 0 Å². The molecule has 0 saturated carbocycles. The predicted octanol–water partition coefficient (Wildman–Crippen LogP) is 3.93. The van der Waals surface area contributed by atoms with Crippen molar-refractivity contribution in [2.24, 2.45) is 5.73 Å². The zero-order valence-corrected chi connectivity index (χ0v) is 11.9. The molecule has 0 fully saturated rings. The fourth-order valence-corrected chi connectivity index (χ4v) is 2.06. The monoisotopic (exact) mass is 249 g/mol. The Hall–Kier alpha value is -0.960. The van der Waals surface area contributed by atoms with E-state index in [1.54, 1.807) is 12.4 Å².